The monoisotopic (exact) mass is 436 g/mol. The lowest BCUT2D eigenvalue weighted by atomic mass is 9.63. The predicted octanol–water partition coefficient (Wildman–Crippen LogP) is 9.20. The van der Waals surface area contributed by atoms with E-state index in [2.05, 4.69) is 19.1 Å². The van der Waals surface area contributed by atoms with E-state index >= 15 is 0 Å². The molecule has 0 radical (unpaired) electrons. The minimum absolute atomic E-state index is 0.237. The number of ether oxygens (including phenoxy) is 1. The smallest absolute Gasteiger partial charge is 0.172 e. The molecule has 2 saturated carbocycles. The molecule has 0 bridgehead atoms. The molecule has 2 fully saturated rings. The zero-order chi connectivity index (χ0) is 22.3. The Morgan fingerprint density at radius 3 is 2.66 bits per heavy atom. The van der Waals surface area contributed by atoms with Crippen LogP contribution in [0.25, 0.3) is 10.8 Å². The van der Waals surface area contributed by atoms with E-state index in [0.717, 1.165) is 23.1 Å². The van der Waals surface area contributed by atoms with Gasteiger partial charge in [0.05, 0.1) is 0 Å². The molecule has 32 heavy (non-hydrogen) atoms. The van der Waals surface area contributed by atoms with Gasteiger partial charge in [-0.15, -0.1) is 0 Å². The first-order valence-corrected chi connectivity index (χ1v) is 13.2. The second-order valence-corrected chi connectivity index (χ2v) is 10.3. The molecule has 0 aliphatic heterocycles. The van der Waals surface area contributed by atoms with Crippen molar-refractivity contribution in [2.45, 2.75) is 90.4 Å². The summed E-state index contributed by atoms with van der Waals surface area (Å²) in [5.74, 6) is 3.57. The van der Waals surface area contributed by atoms with E-state index < -0.39 is 0 Å². The minimum atomic E-state index is -0.237. The zero-order valence-corrected chi connectivity index (χ0v) is 20.1. The zero-order valence-electron chi connectivity index (χ0n) is 20.1. The van der Waals surface area contributed by atoms with E-state index in [0.29, 0.717) is 23.7 Å². The van der Waals surface area contributed by atoms with Gasteiger partial charge in [-0.25, -0.2) is 4.39 Å². The summed E-state index contributed by atoms with van der Waals surface area (Å²) in [5.41, 5.74) is 1.40. The van der Waals surface area contributed by atoms with Crippen LogP contribution in [-0.4, -0.2) is 6.61 Å². The third-order valence-corrected chi connectivity index (χ3v) is 8.17. The summed E-state index contributed by atoms with van der Waals surface area (Å²) >= 11 is 0. The lowest BCUT2D eigenvalue weighted by Gasteiger charge is -2.42. The van der Waals surface area contributed by atoms with Crippen LogP contribution in [0.4, 0.5) is 4.39 Å². The Morgan fingerprint density at radius 1 is 0.969 bits per heavy atom. The van der Waals surface area contributed by atoms with E-state index in [4.69, 9.17) is 4.74 Å². The number of rotatable bonds is 9. The summed E-state index contributed by atoms with van der Waals surface area (Å²) in [6.45, 7) is 4.64. The third kappa shape index (κ3) is 5.56. The first-order valence-electron chi connectivity index (χ1n) is 13.2. The van der Waals surface area contributed by atoms with Crippen LogP contribution in [0.15, 0.2) is 42.5 Å². The minimum Gasteiger partial charge on any atom is -0.486 e. The molecule has 1 nitrogen and oxygen atoms in total. The van der Waals surface area contributed by atoms with Crippen LogP contribution in [0.1, 0.15) is 96.0 Å². The van der Waals surface area contributed by atoms with Crippen molar-refractivity contribution in [1.82, 2.24) is 0 Å². The van der Waals surface area contributed by atoms with Crippen molar-refractivity contribution in [2.75, 3.05) is 6.61 Å². The highest BCUT2D eigenvalue weighted by Crippen LogP contribution is 2.48. The molecule has 4 rings (SSSR count). The van der Waals surface area contributed by atoms with E-state index in [1.165, 1.54) is 76.2 Å². The van der Waals surface area contributed by atoms with Crippen molar-refractivity contribution in [2.24, 2.45) is 17.8 Å². The maximum absolute atomic E-state index is 14.9. The normalized spacial score (nSPS) is 25.8. The Kier molecular flexibility index (Phi) is 8.27. The van der Waals surface area contributed by atoms with Crippen LogP contribution in [0.2, 0.25) is 0 Å². The highest BCUT2D eigenvalue weighted by Gasteiger charge is 2.35. The Morgan fingerprint density at radius 2 is 1.81 bits per heavy atom. The van der Waals surface area contributed by atoms with Gasteiger partial charge in [-0.1, -0.05) is 81.9 Å². The number of hydrogen-bond donors (Lipinski definition) is 0. The molecule has 4 unspecified atom stereocenters. The van der Waals surface area contributed by atoms with Crippen LogP contribution in [0, 0.1) is 23.6 Å². The van der Waals surface area contributed by atoms with Gasteiger partial charge in [-0.2, -0.15) is 0 Å². The first-order chi connectivity index (χ1) is 15.7. The van der Waals surface area contributed by atoms with Gasteiger partial charge in [0.2, 0.25) is 0 Å². The number of halogens is 1. The number of allylic oxidation sites excluding steroid dienone is 1. The topological polar surface area (TPSA) is 9.23 Å². The van der Waals surface area contributed by atoms with Crippen molar-refractivity contribution < 1.29 is 9.13 Å². The summed E-state index contributed by atoms with van der Waals surface area (Å²) in [7, 11) is 0. The van der Waals surface area contributed by atoms with E-state index in [-0.39, 0.29) is 5.82 Å². The van der Waals surface area contributed by atoms with Crippen molar-refractivity contribution in [1.29, 1.82) is 0 Å². The highest BCUT2D eigenvalue weighted by atomic mass is 19.1. The van der Waals surface area contributed by atoms with Crippen LogP contribution in [-0.2, 0) is 0 Å². The fourth-order valence-electron chi connectivity index (χ4n) is 6.30. The van der Waals surface area contributed by atoms with Crippen LogP contribution < -0.4 is 4.74 Å². The molecule has 2 heteroatoms. The molecule has 0 spiro atoms. The lowest BCUT2D eigenvalue weighted by molar-refractivity contribution is 0.113. The van der Waals surface area contributed by atoms with Gasteiger partial charge in [0.25, 0.3) is 0 Å². The van der Waals surface area contributed by atoms with Gasteiger partial charge in [0.15, 0.2) is 11.6 Å². The van der Waals surface area contributed by atoms with Gasteiger partial charge in [-0.3, -0.25) is 0 Å². The summed E-state index contributed by atoms with van der Waals surface area (Å²) < 4.78 is 20.5. The fourth-order valence-corrected chi connectivity index (χ4v) is 6.30. The average molecular weight is 437 g/mol. The molecule has 2 aliphatic carbocycles. The number of fused-ring (bicyclic) bond motifs is 2. The van der Waals surface area contributed by atoms with Crippen molar-refractivity contribution in [3.05, 3.63) is 53.9 Å². The van der Waals surface area contributed by atoms with E-state index in [1.807, 2.05) is 31.2 Å². The predicted molar refractivity (Wildman–Crippen MR) is 134 cm³/mol. The standard InChI is InChI=1S/C30H41FO/c1-3-5-7-8-9-22-10-11-24-20-25(13-12-23(24)19-22)26-14-16-28-27(21-26)15-17-29(30(28)31)32-18-6-4-2/h4,6,14-17,21-25H,3,5,7-13,18-20H2,1-2H3/b6-4+. The summed E-state index contributed by atoms with van der Waals surface area (Å²) in [4.78, 5) is 0. The Hall–Kier alpha value is -1.83. The second kappa shape index (κ2) is 11.3. The molecule has 0 saturated heterocycles. The van der Waals surface area contributed by atoms with Crippen molar-refractivity contribution >= 4 is 10.8 Å². The third-order valence-electron chi connectivity index (χ3n) is 8.17. The SMILES string of the molecule is C/C=C/COc1ccc2cc(C3CCC4CC(CCCCCC)CCC4C3)ccc2c1F. The largest absolute Gasteiger partial charge is 0.486 e. The lowest BCUT2D eigenvalue weighted by Crippen LogP contribution is -2.30. The fraction of sp³-hybridized carbons (Fsp3) is 0.600. The molecule has 0 aromatic heterocycles. The summed E-state index contributed by atoms with van der Waals surface area (Å²) in [5, 5.41) is 1.67. The number of hydrogen-bond acceptors (Lipinski definition) is 1. The van der Waals surface area contributed by atoms with Gasteiger partial charge in [0.1, 0.15) is 6.61 Å². The van der Waals surface area contributed by atoms with Crippen molar-refractivity contribution in [3.8, 4) is 5.75 Å². The Bertz CT molecular complexity index is 901. The Balaban J connectivity index is 1.37. The summed E-state index contributed by atoms with van der Waals surface area (Å²) in [6.07, 6.45) is 19.2. The Labute approximate surface area is 194 Å². The van der Waals surface area contributed by atoms with E-state index in [9.17, 15) is 4.39 Å². The number of unbranched alkanes of at least 4 members (excludes halogenated alkanes) is 3. The number of benzene rings is 2. The van der Waals surface area contributed by atoms with Gasteiger partial charge >= 0.3 is 0 Å². The molecule has 0 amide bonds. The molecule has 2 aromatic rings. The molecule has 2 aromatic carbocycles. The molecular weight excluding hydrogens is 395 g/mol. The van der Waals surface area contributed by atoms with E-state index in [1.54, 1.807) is 6.07 Å². The molecule has 0 heterocycles. The summed E-state index contributed by atoms with van der Waals surface area (Å²) in [6, 6.07) is 10.2. The van der Waals surface area contributed by atoms with Crippen LogP contribution in [0.3, 0.4) is 0 Å². The molecule has 0 N–H and O–H groups in total. The van der Waals surface area contributed by atoms with Crippen LogP contribution in [0.5, 0.6) is 5.75 Å². The van der Waals surface area contributed by atoms with Gasteiger partial charge in [0, 0.05) is 5.39 Å². The molecule has 174 valence electrons. The van der Waals surface area contributed by atoms with Crippen LogP contribution >= 0.6 is 0 Å². The molecule has 4 atom stereocenters. The maximum Gasteiger partial charge on any atom is 0.172 e. The van der Waals surface area contributed by atoms with Gasteiger partial charge < -0.3 is 4.74 Å². The maximum atomic E-state index is 14.9. The highest BCUT2D eigenvalue weighted by molar-refractivity contribution is 5.85. The van der Waals surface area contributed by atoms with Gasteiger partial charge in [-0.05, 0) is 79.7 Å². The molecular formula is C30H41FO. The second-order valence-electron chi connectivity index (χ2n) is 10.3. The average Bonchev–Trinajstić information content (AvgIpc) is 2.83. The first kappa shape index (κ1) is 23.3. The van der Waals surface area contributed by atoms with Crippen molar-refractivity contribution in [3.63, 3.8) is 0 Å². The quantitative estimate of drug-likeness (QED) is 0.281. The molecule has 2 aliphatic rings.